The van der Waals surface area contributed by atoms with E-state index in [-0.39, 0.29) is 30.3 Å². The summed E-state index contributed by atoms with van der Waals surface area (Å²) in [4.78, 5) is 24.1. The van der Waals surface area contributed by atoms with Gasteiger partial charge in [0, 0.05) is 5.92 Å². The first kappa shape index (κ1) is 15.5. The molecule has 1 amide bonds. The molecule has 1 aliphatic rings. The van der Waals surface area contributed by atoms with E-state index < -0.39 is 0 Å². The highest BCUT2D eigenvalue weighted by Crippen LogP contribution is 2.26. The summed E-state index contributed by atoms with van der Waals surface area (Å²) in [5.74, 6) is -0.123. The zero-order valence-corrected chi connectivity index (χ0v) is 12.5. The summed E-state index contributed by atoms with van der Waals surface area (Å²) < 4.78 is 5.01. The van der Waals surface area contributed by atoms with Crippen LogP contribution in [-0.2, 0) is 14.3 Å². The predicted molar refractivity (Wildman–Crippen MR) is 80.5 cm³/mol. The van der Waals surface area contributed by atoms with Crippen LogP contribution < -0.4 is 5.32 Å². The van der Waals surface area contributed by atoms with Gasteiger partial charge in [0.2, 0.25) is 5.91 Å². The number of esters is 1. The van der Waals surface area contributed by atoms with E-state index in [0.717, 1.165) is 31.2 Å². The fourth-order valence-corrected chi connectivity index (χ4v) is 2.80. The van der Waals surface area contributed by atoms with Gasteiger partial charge in [-0.15, -0.1) is 0 Å². The lowest BCUT2D eigenvalue weighted by molar-refractivity contribution is -0.143. The third-order valence-corrected chi connectivity index (χ3v) is 3.92. The van der Waals surface area contributed by atoms with Crippen LogP contribution in [-0.4, -0.2) is 18.5 Å². The van der Waals surface area contributed by atoms with Crippen molar-refractivity contribution in [3.05, 3.63) is 35.9 Å². The Kier molecular flexibility index (Phi) is 5.78. The number of amides is 1. The zero-order valence-electron chi connectivity index (χ0n) is 12.5. The molecule has 0 aliphatic heterocycles. The Hall–Kier alpha value is -1.84. The third-order valence-electron chi connectivity index (χ3n) is 3.92. The Morgan fingerprint density at radius 3 is 2.52 bits per heavy atom. The van der Waals surface area contributed by atoms with Crippen LogP contribution in [0.1, 0.15) is 50.6 Å². The second-order valence-corrected chi connectivity index (χ2v) is 5.46. The molecule has 4 heteroatoms. The van der Waals surface area contributed by atoms with Crippen molar-refractivity contribution in [2.45, 2.75) is 45.1 Å². The molecule has 1 aliphatic carbocycles. The van der Waals surface area contributed by atoms with E-state index in [2.05, 4.69) is 5.32 Å². The molecule has 114 valence electrons. The Bertz CT molecular complexity index is 466. The largest absolute Gasteiger partial charge is 0.466 e. The van der Waals surface area contributed by atoms with Gasteiger partial charge in [-0.3, -0.25) is 9.59 Å². The van der Waals surface area contributed by atoms with Gasteiger partial charge in [0.1, 0.15) is 0 Å². The lowest BCUT2D eigenvalue weighted by Crippen LogP contribution is -2.34. The monoisotopic (exact) mass is 289 g/mol. The number of ether oxygens (including phenoxy) is 1. The maximum atomic E-state index is 12.3. The fraction of sp³-hybridized carbons (Fsp3) is 0.529. The lowest BCUT2D eigenvalue weighted by Gasteiger charge is -2.20. The van der Waals surface area contributed by atoms with E-state index in [9.17, 15) is 9.59 Å². The summed E-state index contributed by atoms with van der Waals surface area (Å²) in [6, 6.07) is 9.30. The summed E-state index contributed by atoms with van der Waals surface area (Å²) >= 11 is 0. The number of carbonyl (C=O) groups is 2. The lowest BCUT2D eigenvalue weighted by atomic mass is 10.0. The predicted octanol–water partition coefficient (Wildman–Crippen LogP) is 2.99. The molecular formula is C17H23NO3. The second-order valence-electron chi connectivity index (χ2n) is 5.46. The molecule has 2 rings (SSSR count). The van der Waals surface area contributed by atoms with Crippen LogP contribution in [0.3, 0.4) is 0 Å². The molecule has 0 heterocycles. The normalized spacial score (nSPS) is 16.4. The van der Waals surface area contributed by atoms with Crippen LogP contribution in [0, 0.1) is 5.92 Å². The average molecular weight is 289 g/mol. The molecule has 21 heavy (non-hydrogen) atoms. The van der Waals surface area contributed by atoms with E-state index in [0.29, 0.717) is 6.61 Å². The van der Waals surface area contributed by atoms with E-state index >= 15 is 0 Å². The SMILES string of the molecule is CCOC(=O)C[C@H](NC(=O)C1CCCC1)c1ccccc1. The smallest absolute Gasteiger partial charge is 0.308 e. The van der Waals surface area contributed by atoms with Crippen LogP contribution >= 0.6 is 0 Å². The van der Waals surface area contributed by atoms with E-state index in [1.807, 2.05) is 30.3 Å². The van der Waals surface area contributed by atoms with Crippen molar-refractivity contribution in [1.29, 1.82) is 0 Å². The molecule has 1 atom stereocenters. The minimum Gasteiger partial charge on any atom is -0.466 e. The first-order chi connectivity index (χ1) is 10.2. The van der Waals surface area contributed by atoms with Crippen molar-refractivity contribution < 1.29 is 14.3 Å². The molecule has 1 fully saturated rings. The highest BCUT2D eigenvalue weighted by Gasteiger charge is 2.26. The molecule has 0 bridgehead atoms. The highest BCUT2D eigenvalue weighted by molar-refractivity contribution is 5.80. The molecule has 0 radical (unpaired) electrons. The van der Waals surface area contributed by atoms with Crippen LogP contribution in [0.5, 0.6) is 0 Å². The van der Waals surface area contributed by atoms with Gasteiger partial charge in [0.05, 0.1) is 19.1 Å². The summed E-state index contributed by atoms with van der Waals surface area (Å²) in [5.41, 5.74) is 0.942. The Balaban J connectivity index is 2.04. The average Bonchev–Trinajstić information content (AvgIpc) is 3.02. The Labute approximate surface area is 125 Å². The number of carbonyl (C=O) groups excluding carboxylic acids is 2. The molecule has 0 spiro atoms. The van der Waals surface area contributed by atoms with Crippen molar-refractivity contribution in [1.82, 2.24) is 5.32 Å². The Morgan fingerprint density at radius 1 is 1.24 bits per heavy atom. The standard InChI is InChI=1S/C17H23NO3/c1-2-21-16(19)12-15(13-8-4-3-5-9-13)18-17(20)14-10-6-7-11-14/h3-5,8-9,14-15H,2,6-7,10-12H2,1H3,(H,18,20)/t15-/m0/s1. The van der Waals surface area contributed by atoms with Crippen molar-refractivity contribution in [3.8, 4) is 0 Å². The quantitative estimate of drug-likeness (QED) is 0.819. The zero-order chi connectivity index (χ0) is 15.1. The van der Waals surface area contributed by atoms with Crippen LogP contribution in [0.25, 0.3) is 0 Å². The Morgan fingerprint density at radius 2 is 1.90 bits per heavy atom. The number of nitrogens with one attached hydrogen (secondary N) is 1. The summed E-state index contributed by atoms with van der Waals surface area (Å²) in [7, 11) is 0. The summed E-state index contributed by atoms with van der Waals surface area (Å²) in [5, 5.41) is 3.02. The highest BCUT2D eigenvalue weighted by atomic mass is 16.5. The first-order valence-electron chi connectivity index (χ1n) is 7.71. The van der Waals surface area contributed by atoms with Gasteiger partial charge < -0.3 is 10.1 Å². The topological polar surface area (TPSA) is 55.4 Å². The van der Waals surface area contributed by atoms with Gasteiger partial charge in [-0.1, -0.05) is 43.2 Å². The van der Waals surface area contributed by atoms with Gasteiger partial charge >= 0.3 is 5.97 Å². The van der Waals surface area contributed by atoms with Crippen LogP contribution in [0.2, 0.25) is 0 Å². The molecule has 4 nitrogen and oxygen atoms in total. The van der Waals surface area contributed by atoms with Crippen molar-refractivity contribution in [2.24, 2.45) is 5.92 Å². The molecule has 1 saturated carbocycles. The summed E-state index contributed by atoms with van der Waals surface area (Å²) in [6.45, 7) is 2.14. The summed E-state index contributed by atoms with van der Waals surface area (Å²) in [6.07, 6.45) is 4.31. The fourth-order valence-electron chi connectivity index (χ4n) is 2.80. The minimum absolute atomic E-state index is 0.0608. The second kappa shape index (κ2) is 7.81. The van der Waals surface area contributed by atoms with Crippen molar-refractivity contribution in [3.63, 3.8) is 0 Å². The molecule has 0 saturated heterocycles. The maximum absolute atomic E-state index is 12.3. The van der Waals surface area contributed by atoms with Gasteiger partial charge in [-0.25, -0.2) is 0 Å². The van der Waals surface area contributed by atoms with Crippen LogP contribution in [0.15, 0.2) is 30.3 Å². The molecular weight excluding hydrogens is 266 g/mol. The number of hydrogen-bond donors (Lipinski definition) is 1. The van der Waals surface area contributed by atoms with Gasteiger partial charge in [0.15, 0.2) is 0 Å². The first-order valence-corrected chi connectivity index (χ1v) is 7.71. The van der Waals surface area contributed by atoms with Gasteiger partial charge in [-0.2, -0.15) is 0 Å². The van der Waals surface area contributed by atoms with E-state index in [4.69, 9.17) is 4.74 Å². The number of benzene rings is 1. The van der Waals surface area contributed by atoms with Crippen molar-refractivity contribution >= 4 is 11.9 Å². The van der Waals surface area contributed by atoms with Crippen molar-refractivity contribution in [2.75, 3.05) is 6.61 Å². The van der Waals surface area contributed by atoms with E-state index in [1.54, 1.807) is 6.92 Å². The molecule has 0 unspecified atom stereocenters. The minimum atomic E-state index is -0.307. The third kappa shape index (κ3) is 4.59. The molecule has 1 aromatic carbocycles. The molecule has 0 aromatic heterocycles. The number of rotatable bonds is 6. The molecule has 1 aromatic rings. The maximum Gasteiger partial charge on any atom is 0.308 e. The van der Waals surface area contributed by atoms with E-state index in [1.165, 1.54) is 0 Å². The van der Waals surface area contributed by atoms with Gasteiger partial charge in [-0.05, 0) is 25.3 Å². The van der Waals surface area contributed by atoms with Gasteiger partial charge in [0.25, 0.3) is 0 Å². The number of hydrogen-bond acceptors (Lipinski definition) is 3. The molecule has 1 N–H and O–H groups in total. The van der Waals surface area contributed by atoms with Crippen LogP contribution in [0.4, 0.5) is 0 Å².